The summed E-state index contributed by atoms with van der Waals surface area (Å²) in [5.41, 5.74) is 0.415. The van der Waals surface area contributed by atoms with Gasteiger partial charge in [0.25, 0.3) is 0 Å². The number of halogens is 2. The normalized spacial score (nSPS) is 30.0. The van der Waals surface area contributed by atoms with Crippen LogP contribution < -0.4 is 4.74 Å². The van der Waals surface area contributed by atoms with E-state index in [4.69, 9.17) is 9.84 Å². The Morgan fingerprint density at radius 3 is 3.00 bits per heavy atom. The first-order chi connectivity index (χ1) is 7.61. The fourth-order valence-corrected chi connectivity index (χ4v) is 2.96. The van der Waals surface area contributed by atoms with E-state index in [1.54, 1.807) is 6.07 Å². The fraction of sp³-hybridized carbons (Fsp3) is 0.364. The predicted octanol–water partition coefficient (Wildman–Crippen LogP) is 2.39. The highest BCUT2D eigenvalue weighted by molar-refractivity contribution is 9.10. The smallest absolute Gasteiger partial charge is 0.307 e. The van der Waals surface area contributed by atoms with E-state index in [9.17, 15) is 9.18 Å². The summed E-state index contributed by atoms with van der Waals surface area (Å²) in [6.45, 7) is 0.358. The summed E-state index contributed by atoms with van der Waals surface area (Å²) < 4.78 is 19.8. The zero-order valence-corrected chi connectivity index (χ0v) is 9.70. The molecule has 0 spiro atoms. The highest BCUT2D eigenvalue weighted by atomic mass is 79.9. The Morgan fingerprint density at radius 2 is 2.31 bits per heavy atom. The van der Waals surface area contributed by atoms with E-state index in [2.05, 4.69) is 15.9 Å². The summed E-state index contributed by atoms with van der Waals surface area (Å²) >= 11 is 3.28. The molecule has 1 fully saturated rings. The maximum absolute atomic E-state index is 13.7. The average molecular weight is 287 g/mol. The van der Waals surface area contributed by atoms with Crippen LogP contribution in [0, 0.1) is 17.7 Å². The molecule has 1 aliphatic heterocycles. The number of carboxylic acid groups (broad SMARTS) is 1. The second-order valence-electron chi connectivity index (χ2n) is 4.14. The first-order valence-electron chi connectivity index (χ1n) is 4.94. The summed E-state index contributed by atoms with van der Waals surface area (Å²) in [7, 11) is 0. The first kappa shape index (κ1) is 10.1. The van der Waals surface area contributed by atoms with Crippen LogP contribution in [0.5, 0.6) is 5.75 Å². The van der Waals surface area contributed by atoms with Crippen LogP contribution in [0.2, 0.25) is 0 Å². The van der Waals surface area contributed by atoms with Gasteiger partial charge in [0.2, 0.25) is 0 Å². The molecule has 5 heteroatoms. The third-order valence-electron chi connectivity index (χ3n) is 3.30. The second-order valence-corrected chi connectivity index (χ2v) is 4.99. The van der Waals surface area contributed by atoms with Gasteiger partial charge in [-0.3, -0.25) is 4.79 Å². The summed E-state index contributed by atoms with van der Waals surface area (Å²) in [4.78, 5) is 10.9. The number of rotatable bonds is 1. The van der Waals surface area contributed by atoms with Crippen LogP contribution in [0.25, 0.3) is 0 Å². The number of hydrogen-bond donors (Lipinski definition) is 1. The molecule has 1 aromatic carbocycles. The predicted molar refractivity (Wildman–Crippen MR) is 57.0 cm³/mol. The second kappa shape index (κ2) is 3.20. The summed E-state index contributed by atoms with van der Waals surface area (Å²) in [6.07, 6.45) is 0. The molecule has 0 bridgehead atoms. The largest absolute Gasteiger partial charge is 0.492 e. The zero-order chi connectivity index (χ0) is 11.4. The van der Waals surface area contributed by atoms with Crippen LogP contribution in [0.3, 0.4) is 0 Å². The van der Waals surface area contributed by atoms with Gasteiger partial charge in [-0.1, -0.05) is 0 Å². The number of ether oxygens (including phenoxy) is 1. The Bertz CT molecular complexity index is 488. The minimum atomic E-state index is -0.870. The molecule has 1 aliphatic carbocycles. The molecule has 3 atom stereocenters. The van der Waals surface area contributed by atoms with Crippen LogP contribution in [-0.2, 0) is 4.79 Å². The quantitative estimate of drug-likeness (QED) is 0.862. The molecular weight excluding hydrogens is 279 g/mol. The number of hydrogen-bond acceptors (Lipinski definition) is 2. The van der Waals surface area contributed by atoms with Crippen LogP contribution in [0.4, 0.5) is 4.39 Å². The number of fused-ring (bicyclic) bond motifs is 3. The van der Waals surface area contributed by atoms with Crippen molar-refractivity contribution in [2.24, 2.45) is 11.8 Å². The van der Waals surface area contributed by atoms with Gasteiger partial charge in [-0.2, -0.15) is 0 Å². The molecule has 3 rings (SSSR count). The Kier molecular flexibility index (Phi) is 2.01. The van der Waals surface area contributed by atoms with Gasteiger partial charge in [-0.25, -0.2) is 4.39 Å². The number of carbonyl (C=O) groups is 1. The summed E-state index contributed by atoms with van der Waals surface area (Å²) in [5, 5.41) is 8.98. The average Bonchev–Trinajstić information content (AvgIpc) is 2.97. The molecular formula is C11H8BrFO3. The lowest BCUT2D eigenvalue weighted by Crippen LogP contribution is -2.10. The minimum absolute atomic E-state index is 0.0752. The van der Waals surface area contributed by atoms with Gasteiger partial charge in [-0.05, 0) is 28.1 Å². The van der Waals surface area contributed by atoms with Crippen molar-refractivity contribution in [1.29, 1.82) is 0 Å². The van der Waals surface area contributed by atoms with E-state index in [0.717, 1.165) is 0 Å². The van der Waals surface area contributed by atoms with Crippen molar-refractivity contribution in [2.45, 2.75) is 5.92 Å². The van der Waals surface area contributed by atoms with Gasteiger partial charge in [0.1, 0.15) is 11.6 Å². The standard InChI is InChI=1S/C11H8BrFO3/c12-5-1-2-6(13)9-7-4(3-16-10(5)9)8(7)11(14)15/h1-2,4,7-8H,3H2,(H,14,15)/t4-,7+,8?/m0/s1. The molecule has 3 nitrogen and oxygen atoms in total. The molecule has 0 saturated heterocycles. The van der Waals surface area contributed by atoms with Crippen molar-refractivity contribution in [2.75, 3.05) is 6.61 Å². The highest BCUT2D eigenvalue weighted by Crippen LogP contribution is 2.60. The SMILES string of the molecule is O=C(O)C1[C@H]2COc3c(Br)ccc(F)c3[C@@H]12. The van der Waals surface area contributed by atoms with Crippen LogP contribution >= 0.6 is 15.9 Å². The molecule has 84 valence electrons. The van der Waals surface area contributed by atoms with Crippen LogP contribution in [-0.4, -0.2) is 17.7 Å². The van der Waals surface area contributed by atoms with Crippen molar-refractivity contribution in [1.82, 2.24) is 0 Å². The lowest BCUT2D eigenvalue weighted by Gasteiger charge is -2.17. The molecule has 1 unspecified atom stereocenters. The summed E-state index contributed by atoms with van der Waals surface area (Å²) in [5.74, 6) is -1.58. The highest BCUT2D eigenvalue weighted by Gasteiger charge is 2.60. The van der Waals surface area contributed by atoms with Gasteiger partial charge >= 0.3 is 5.97 Å². The van der Waals surface area contributed by atoms with Crippen molar-refractivity contribution >= 4 is 21.9 Å². The van der Waals surface area contributed by atoms with E-state index >= 15 is 0 Å². The first-order valence-corrected chi connectivity index (χ1v) is 5.74. The zero-order valence-electron chi connectivity index (χ0n) is 8.11. The third kappa shape index (κ3) is 1.21. The molecule has 2 aliphatic rings. The van der Waals surface area contributed by atoms with Crippen molar-refractivity contribution in [3.05, 3.63) is 28.0 Å². The van der Waals surface area contributed by atoms with E-state index in [-0.39, 0.29) is 17.7 Å². The van der Waals surface area contributed by atoms with Crippen LogP contribution in [0.1, 0.15) is 11.5 Å². The van der Waals surface area contributed by atoms with E-state index in [0.29, 0.717) is 22.4 Å². The number of carboxylic acids is 1. The topological polar surface area (TPSA) is 46.5 Å². The lowest BCUT2D eigenvalue weighted by atomic mass is 10.0. The molecule has 1 saturated carbocycles. The Hall–Kier alpha value is -1.10. The van der Waals surface area contributed by atoms with Gasteiger partial charge in [0.05, 0.1) is 17.0 Å². The molecule has 1 heterocycles. The van der Waals surface area contributed by atoms with Crippen molar-refractivity contribution < 1.29 is 19.0 Å². The molecule has 16 heavy (non-hydrogen) atoms. The van der Waals surface area contributed by atoms with Crippen molar-refractivity contribution in [3.63, 3.8) is 0 Å². The molecule has 1 aromatic rings. The number of aliphatic carboxylic acids is 1. The maximum atomic E-state index is 13.7. The van der Waals surface area contributed by atoms with Gasteiger partial charge in [0.15, 0.2) is 0 Å². The van der Waals surface area contributed by atoms with Crippen molar-refractivity contribution in [3.8, 4) is 5.75 Å². The Balaban J connectivity index is 2.10. The number of benzene rings is 1. The fourth-order valence-electron chi connectivity index (χ4n) is 2.50. The van der Waals surface area contributed by atoms with Gasteiger partial charge in [0, 0.05) is 17.4 Å². The van der Waals surface area contributed by atoms with E-state index in [1.807, 2.05) is 0 Å². The molecule has 0 radical (unpaired) electrons. The van der Waals surface area contributed by atoms with Gasteiger partial charge in [-0.15, -0.1) is 0 Å². The third-order valence-corrected chi connectivity index (χ3v) is 3.93. The Labute approximate surface area is 99.3 Å². The van der Waals surface area contributed by atoms with E-state index in [1.165, 1.54) is 6.07 Å². The minimum Gasteiger partial charge on any atom is -0.492 e. The summed E-state index contributed by atoms with van der Waals surface area (Å²) in [6, 6.07) is 2.92. The maximum Gasteiger partial charge on any atom is 0.307 e. The molecule has 0 amide bonds. The van der Waals surface area contributed by atoms with Gasteiger partial charge < -0.3 is 9.84 Å². The van der Waals surface area contributed by atoms with Crippen LogP contribution in [0.15, 0.2) is 16.6 Å². The molecule has 1 N–H and O–H groups in total. The Morgan fingerprint density at radius 1 is 1.56 bits per heavy atom. The lowest BCUT2D eigenvalue weighted by molar-refractivity contribution is -0.139. The monoisotopic (exact) mass is 286 g/mol. The van der Waals surface area contributed by atoms with E-state index < -0.39 is 11.9 Å². The molecule has 0 aromatic heterocycles.